The molecule has 2 aromatic carbocycles. The van der Waals surface area contributed by atoms with Crippen molar-refractivity contribution in [2.45, 2.75) is 13.8 Å². The summed E-state index contributed by atoms with van der Waals surface area (Å²) in [5.41, 5.74) is 14.5. The average molecular weight is 401 g/mol. The number of hydrogen-bond acceptors (Lipinski definition) is 6. The second-order valence-corrected chi connectivity index (χ2v) is 6.67. The smallest absolute Gasteiger partial charge is 0.221 e. The summed E-state index contributed by atoms with van der Waals surface area (Å²) >= 11 is 6.18. The van der Waals surface area contributed by atoms with Crippen molar-refractivity contribution in [1.82, 2.24) is 15.3 Å². The van der Waals surface area contributed by atoms with E-state index in [2.05, 4.69) is 39.2 Å². The van der Waals surface area contributed by atoms with Crippen LogP contribution in [0.15, 0.2) is 42.5 Å². The van der Waals surface area contributed by atoms with Crippen LogP contribution in [-0.4, -0.2) is 43.2 Å². The van der Waals surface area contributed by atoms with E-state index in [0.29, 0.717) is 5.02 Å². The Morgan fingerprint density at radius 2 is 1.86 bits per heavy atom. The third-order valence-corrected chi connectivity index (χ3v) is 4.41. The Kier molecular flexibility index (Phi) is 8.44. The van der Waals surface area contributed by atoms with Gasteiger partial charge in [0, 0.05) is 41.3 Å². The number of benzene rings is 2. The zero-order valence-corrected chi connectivity index (χ0v) is 17.5. The minimum absolute atomic E-state index is 0.262. The molecular weight excluding hydrogens is 372 g/mol. The van der Waals surface area contributed by atoms with Crippen LogP contribution in [0.5, 0.6) is 0 Å². The Balaban J connectivity index is 0.000000878. The predicted octanol–water partition coefficient (Wildman–Crippen LogP) is 3.54. The van der Waals surface area contributed by atoms with Gasteiger partial charge in [0.05, 0.1) is 11.2 Å². The SMILES string of the molecule is CCN.CCN(CCNC)c1cccc(-c2nc(N)nc3ccc(Cl)cc23)c1. The molecule has 150 valence electrons. The van der Waals surface area contributed by atoms with Crippen LogP contribution in [0.2, 0.25) is 5.02 Å². The van der Waals surface area contributed by atoms with Crippen LogP contribution in [0.4, 0.5) is 11.6 Å². The van der Waals surface area contributed by atoms with Gasteiger partial charge >= 0.3 is 0 Å². The van der Waals surface area contributed by atoms with Gasteiger partial charge < -0.3 is 21.7 Å². The summed E-state index contributed by atoms with van der Waals surface area (Å²) in [5, 5.41) is 4.75. The molecule has 7 heteroatoms. The molecule has 0 amide bonds. The minimum atomic E-state index is 0.262. The summed E-state index contributed by atoms with van der Waals surface area (Å²) < 4.78 is 0. The van der Waals surface area contributed by atoms with Crippen LogP contribution < -0.4 is 21.7 Å². The maximum absolute atomic E-state index is 6.18. The molecule has 28 heavy (non-hydrogen) atoms. The van der Waals surface area contributed by atoms with Crippen molar-refractivity contribution in [3.05, 3.63) is 47.5 Å². The average Bonchev–Trinajstić information content (AvgIpc) is 2.69. The van der Waals surface area contributed by atoms with E-state index < -0.39 is 0 Å². The van der Waals surface area contributed by atoms with Gasteiger partial charge in [-0.25, -0.2) is 9.97 Å². The molecule has 0 radical (unpaired) electrons. The van der Waals surface area contributed by atoms with E-state index in [9.17, 15) is 0 Å². The zero-order chi connectivity index (χ0) is 20.5. The number of rotatable bonds is 6. The summed E-state index contributed by atoms with van der Waals surface area (Å²) in [6.45, 7) is 7.61. The number of anilines is 2. The van der Waals surface area contributed by atoms with Gasteiger partial charge in [0.2, 0.25) is 5.95 Å². The van der Waals surface area contributed by atoms with Gasteiger partial charge in [-0.1, -0.05) is 30.7 Å². The lowest BCUT2D eigenvalue weighted by atomic mass is 10.1. The van der Waals surface area contributed by atoms with Gasteiger partial charge in [0.1, 0.15) is 0 Å². The number of nitrogens with zero attached hydrogens (tertiary/aromatic N) is 3. The Morgan fingerprint density at radius 3 is 2.54 bits per heavy atom. The monoisotopic (exact) mass is 400 g/mol. The number of nitrogen functional groups attached to an aromatic ring is 1. The quantitative estimate of drug-likeness (QED) is 0.586. The van der Waals surface area contributed by atoms with Gasteiger partial charge in [0.25, 0.3) is 0 Å². The molecule has 0 unspecified atom stereocenters. The van der Waals surface area contributed by atoms with Crippen LogP contribution in [0.3, 0.4) is 0 Å². The molecule has 1 aromatic heterocycles. The number of nitrogens with one attached hydrogen (secondary N) is 1. The third kappa shape index (κ3) is 5.55. The van der Waals surface area contributed by atoms with Crippen LogP contribution in [0, 0.1) is 0 Å². The summed E-state index contributed by atoms with van der Waals surface area (Å²) in [5.74, 6) is 0.262. The number of halogens is 1. The van der Waals surface area contributed by atoms with E-state index in [4.69, 9.17) is 23.1 Å². The fourth-order valence-electron chi connectivity index (χ4n) is 2.91. The first kappa shape index (κ1) is 21.9. The molecule has 0 aliphatic heterocycles. The van der Waals surface area contributed by atoms with Gasteiger partial charge in [0.15, 0.2) is 0 Å². The topological polar surface area (TPSA) is 93.1 Å². The van der Waals surface area contributed by atoms with Crippen molar-refractivity contribution in [2.75, 3.05) is 43.9 Å². The predicted molar refractivity (Wildman–Crippen MR) is 121 cm³/mol. The second kappa shape index (κ2) is 10.8. The van der Waals surface area contributed by atoms with Crippen molar-refractivity contribution in [3.63, 3.8) is 0 Å². The maximum atomic E-state index is 6.18. The molecule has 0 saturated carbocycles. The standard InChI is InChI=1S/C19H22ClN5.C2H7N/c1-3-25(10-9-22-2)15-6-4-5-13(11-15)18-16-12-14(20)7-8-17(16)23-19(21)24-18;1-2-3/h4-8,11-12,22H,3,9-10H2,1-2H3,(H2,21,23,24);2-3H2,1H3. The number of aromatic nitrogens is 2. The Labute approximate surface area is 171 Å². The molecule has 0 fully saturated rings. The van der Waals surface area contributed by atoms with Gasteiger partial charge in [-0.05, 0) is 50.8 Å². The number of likely N-dealkylation sites (N-methyl/N-ethyl adjacent to an activating group) is 2. The summed E-state index contributed by atoms with van der Waals surface area (Å²) in [4.78, 5) is 11.1. The molecule has 3 aromatic rings. The molecule has 5 N–H and O–H groups in total. The zero-order valence-electron chi connectivity index (χ0n) is 16.7. The normalized spacial score (nSPS) is 10.5. The lowest BCUT2D eigenvalue weighted by molar-refractivity contribution is 0.737. The maximum Gasteiger partial charge on any atom is 0.221 e. The van der Waals surface area contributed by atoms with E-state index in [1.54, 1.807) is 0 Å². The van der Waals surface area contributed by atoms with Crippen molar-refractivity contribution < 1.29 is 0 Å². The number of fused-ring (bicyclic) bond motifs is 1. The first-order chi connectivity index (χ1) is 13.5. The van der Waals surface area contributed by atoms with Crippen LogP contribution in [0.1, 0.15) is 13.8 Å². The fraction of sp³-hybridized carbons (Fsp3) is 0.333. The molecule has 0 atom stereocenters. The molecule has 0 spiro atoms. The van der Waals surface area contributed by atoms with Crippen molar-refractivity contribution in [1.29, 1.82) is 0 Å². The molecule has 0 aliphatic rings. The van der Waals surface area contributed by atoms with Gasteiger partial charge in [-0.3, -0.25) is 0 Å². The second-order valence-electron chi connectivity index (χ2n) is 6.23. The molecule has 0 aliphatic carbocycles. The first-order valence-electron chi connectivity index (χ1n) is 9.46. The van der Waals surface area contributed by atoms with Crippen molar-refractivity contribution >= 4 is 34.1 Å². The lowest BCUT2D eigenvalue weighted by Gasteiger charge is -2.23. The largest absolute Gasteiger partial charge is 0.371 e. The lowest BCUT2D eigenvalue weighted by Crippen LogP contribution is -2.30. The highest BCUT2D eigenvalue weighted by atomic mass is 35.5. The first-order valence-corrected chi connectivity index (χ1v) is 9.84. The van der Waals surface area contributed by atoms with E-state index in [1.807, 2.05) is 44.3 Å². The fourth-order valence-corrected chi connectivity index (χ4v) is 3.08. The molecule has 0 bridgehead atoms. The van der Waals surface area contributed by atoms with Crippen LogP contribution in [0.25, 0.3) is 22.2 Å². The van der Waals surface area contributed by atoms with E-state index in [0.717, 1.165) is 54.0 Å². The van der Waals surface area contributed by atoms with Crippen molar-refractivity contribution in [3.8, 4) is 11.3 Å². The van der Waals surface area contributed by atoms with E-state index in [-0.39, 0.29) is 5.95 Å². The number of hydrogen-bond donors (Lipinski definition) is 3. The summed E-state index contributed by atoms with van der Waals surface area (Å²) in [6.07, 6.45) is 0. The van der Waals surface area contributed by atoms with Gasteiger partial charge in [-0.15, -0.1) is 0 Å². The number of nitrogens with two attached hydrogens (primary N) is 2. The Hall–Kier alpha value is -2.41. The Bertz CT molecular complexity index is 899. The van der Waals surface area contributed by atoms with Crippen LogP contribution >= 0.6 is 11.6 Å². The molecule has 6 nitrogen and oxygen atoms in total. The third-order valence-electron chi connectivity index (χ3n) is 4.17. The highest BCUT2D eigenvalue weighted by molar-refractivity contribution is 6.31. The molecular formula is C21H29ClN6. The highest BCUT2D eigenvalue weighted by Gasteiger charge is 2.11. The highest BCUT2D eigenvalue weighted by Crippen LogP contribution is 2.31. The molecule has 3 rings (SSSR count). The summed E-state index contributed by atoms with van der Waals surface area (Å²) in [6, 6.07) is 13.9. The van der Waals surface area contributed by atoms with Crippen LogP contribution in [-0.2, 0) is 0 Å². The van der Waals surface area contributed by atoms with Crippen molar-refractivity contribution in [2.24, 2.45) is 5.73 Å². The minimum Gasteiger partial charge on any atom is -0.371 e. The van der Waals surface area contributed by atoms with E-state index >= 15 is 0 Å². The van der Waals surface area contributed by atoms with E-state index in [1.165, 1.54) is 0 Å². The van der Waals surface area contributed by atoms with Gasteiger partial charge in [-0.2, -0.15) is 0 Å². The summed E-state index contributed by atoms with van der Waals surface area (Å²) in [7, 11) is 1.96. The Morgan fingerprint density at radius 1 is 1.11 bits per heavy atom. The molecule has 1 heterocycles. The molecule has 0 saturated heterocycles.